The molecule has 0 bridgehead atoms. The standard InChI is InChI=1S/C16H14N2O/c17-11-13-7-4-8-14(9-13)15(16(18)19)10-12-5-2-1-3-6-12/h1-9,15H,10H2,(H2,18,19). The lowest BCUT2D eigenvalue weighted by molar-refractivity contribution is -0.119. The molecule has 94 valence electrons. The van der Waals surface area contributed by atoms with Gasteiger partial charge in [-0.3, -0.25) is 4.79 Å². The average molecular weight is 250 g/mol. The Morgan fingerprint density at radius 2 is 1.89 bits per heavy atom. The van der Waals surface area contributed by atoms with Crippen molar-refractivity contribution in [1.29, 1.82) is 5.26 Å². The number of hydrogen-bond acceptors (Lipinski definition) is 2. The van der Waals surface area contributed by atoms with E-state index < -0.39 is 5.92 Å². The Hall–Kier alpha value is -2.60. The van der Waals surface area contributed by atoms with E-state index in [1.807, 2.05) is 36.4 Å². The molecule has 0 radical (unpaired) electrons. The molecule has 19 heavy (non-hydrogen) atoms. The Morgan fingerprint density at radius 3 is 2.53 bits per heavy atom. The van der Waals surface area contributed by atoms with Crippen LogP contribution in [0.2, 0.25) is 0 Å². The zero-order valence-corrected chi connectivity index (χ0v) is 10.4. The van der Waals surface area contributed by atoms with Crippen LogP contribution in [0.5, 0.6) is 0 Å². The van der Waals surface area contributed by atoms with Crippen LogP contribution in [0.15, 0.2) is 54.6 Å². The van der Waals surface area contributed by atoms with Gasteiger partial charge in [0.2, 0.25) is 5.91 Å². The molecule has 0 fully saturated rings. The van der Waals surface area contributed by atoms with Crippen LogP contribution in [0, 0.1) is 11.3 Å². The molecule has 0 aliphatic rings. The van der Waals surface area contributed by atoms with E-state index in [1.165, 1.54) is 0 Å². The lowest BCUT2D eigenvalue weighted by Crippen LogP contribution is -2.23. The van der Waals surface area contributed by atoms with Gasteiger partial charge in [0.1, 0.15) is 0 Å². The van der Waals surface area contributed by atoms with Crippen molar-refractivity contribution in [3.8, 4) is 6.07 Å². The Balaban J connectivity index is 2.30. The van der Waals surface area contributed by atoms with Crippen molar-refractivity contribution < 1.29 is 4.79 Å². The highest BCUT2D eigenvalue weighted by Gasteiger charge is 2.18. The summed E-state index contributed by atoms with van der Waals surface area (Å²) in [6.45, 7) is 0. The second-order valence-corrected chi connectivity index (χ2v) is 4.38. The van der Waals surface area contributed by atoms with E-state index in [0.717, 1.165) is 11.1 Å². The number of hydrogen-bond donors (Lipinski definition) is 1. The molecular formula is C16H14N2O. The van der Waals surface area contributed by atoms with Gasteiger partial charge in [-0.2, -0.15) is 5.26 Å². The highest BCUT2D eigenvalue weighted by atomic mass is 16.1. The SMILES string of the molecule is N#Cc1cccc(C(Cc2ccccc2)C(N)=O)c1. The van der Waals surface area contributed by atoms with Gasteiger partial charge in [0.15, 0.2) is 0 Å². The van der Waals surface area contributed by atoms with E-state index in [4.69, 9.17) is 11.0 Å². The number of primary amides is 1. The van der Waals surface area contributed by atoms with E-state index in [2.05, 4.69) is 6.07 Å². The summed E-state index contributed by atoms with van der Waals surface area (Å²) in [4.78, 5) is 11.6. The number of nitriles is 1. The van der Waals surface area contributed by atoms with Crippen LogP contribution in [0.4, 0.5) is 0 Å². The van der Waals surface area contributed by atoms with Gasteiger partial charge >= 0.3 is 0 Å². The molecule has 1 amide bonds. The summed E-state index contributed by atoms with van der Waals surface area (Å²) >= 11 is 0. The first kappa shape index (κ1) is 12.8. The van der Waals surface area contributed by atoms with Crippen LogP contribution in [0.1, 0.15) is 22.6 Å². The molecule has 3 heteroatoms. The number of nitrogens with two attached hydrogens (primary N) is 1. The Labute approximate surface area is 112 Å². The first-order valence-electron chi connectivity index (χ1n) is 6.04. The molecule has 0 aliphatic carbocycles. The van der Waals surface area contributed by atoms with Gasteiger partial charge in [0.05, 0.1) is 17.6 Å². The first-order chi connectivity index (χ1) is 9.20. The Morgan fingerprint density at radius 1 is 1.16 bits per heavy atom. The normalized spacial score (nSPS) is 11.5. The van der Waals surface area contributed by atoms with Crippen molar-refractivity contribution in [2.75, 3.05) is 0 Å². The molecule has 1 unspecified atom stereocenters. The predicted octanol–water partition coefficient (Wildman–Crippen LogP) is 2.37. The molecule has 2 rings (SSSR count). The predicted molar refractivity (Wildman–Crippen MR) is 73.2 cm³/mol. The second-order valence-electron chi connectivity index (χ2n) is 4.38. The lowest BCUT2D eigenvalue weighted by Gasteiger charge is -2.14. The number of rotatable bonds is 4. The highest BCUT2D eigenvalue weighted by Crippen LogP contribution is 2.21. The van der Waals surface area contributed by atoms with Crippen LogP contribution in [0.3, 0.4) is 0 Å². The van der Waals surface area contributed by atoms with Crippen molar-refractivity contribution in [3.63, 3.8) is 0 Å². The Bertz CT molecular complexity index is 614. The number of amides is 1. The zero-order chi connectivity index (χ0) is 13.7. The Kier molecular flexibility index (Phi) is 3.94. The zero-order valence-electron chi connectivity index (χ0n) is 10.4. The largest absolute Gasteiger partial charge is 0.369 e. The maximum absolute atomic E-state index is 11.6. The fourth-order valence-corrected chi connectivity index (χ4v) is 2.06. The van der Waals surface area contributed by atoms with Crippen molar-refractivity contribution >= 4 is 5.91 Å². The third kappa shape index (κ3) is 3.20. The minimum Gasteiger partial charge on any atom is -0.369 e. The molecule has 0 aliphatic heterocycles. The minimum absolute atomic E-state index is 0.376. The molecule has 0 saturated heterocycles. The van der Waals surface area contributed by atoms with Gasteiger partial charge in [-0.05, 0) is 29.7 Å². The van der Waals surface area contributed by atoms with Crippen LogP contribution < -0.4 is 5.73 Å². The van der Waals surface area contributed by atoms with Crippen LogP contribution in [0.25, 0.3) is 0 Å². The summed E-state index contributed by atoms with van der Waals surface area (Å²) in [5.74, 6) is -0.783. The van der Waals surface area contributed by atoms with E-state index in [1.54, 1.807) is 18.2 Å². The molecule has 3 nitrogen and oxygen atoms in total. The molecule has 0 saturated carbocycles. The average Bonchev–Trinajstić information content (AvgIpc) is 2.45. The molecule has 1 atom stereocenters. The quantitative estimate of drug-likeness (QED) is 0.905. The number of carbonyl (C=O) groups is 1. The summed E-state index contributed by atoms with van der Waals surface area (Å²) in [7, 11) is 0. The summed E-state index contributed by atoms with van der Waals surface area (Å²) in [6, 6.07) is 18.8. The molecule has 0 spiro atoms. The fraction of sp³-hybridized carbons (Fsp3) is 0.125. The molecule has 2 N–H and O–H groups in total. The fourth-order valence-electron chi connectivity index (χ4n) is 2.06. The van der Waals surface area contributed by atoms with Crippen molar-refractivity contribution in [2.45, 2.75) is 12.3 Å². The van der Waals surface area contributed by atoms with Crippen molar-refractivity contribution in [1.82, 2.24) is 0 Å². The summed E-state index contributed by atoms with van der Waals surface area (Å²) in [5, 5.41) is 8.91. The number of nitrogens with zero attached hydrogens (tertiary/aromatic N) is 1. The second kappa shape index (κ2) is 5.83. The third-order valence-corrected chi connectivity index (χ3v) is 3.04. The molecule has 0 aromatic heterocycles. The summed E-state index contributed by atoms with van der Waals surface area (Å²) < 4.78 is 0. The number of benzene rings is 2. The van der Waals surface area contributed by atoms with Gasteiger partial charge in [-0.25, -0.2) is 0 Å². The van der Waals surface area contributed by atoms with Gasteiger partial charge in [0, 0.05) is 0 Å². The van der Waals surface area contributed by atoms with Crippen LogP contribution in [-0.4, -0.2) is 5.91 Å². The van der Waals surface area contributed by atoms with E-state index >= 15 is 0 Å². The summed E-state index contributed by atoms with van der Waals surface area (Å²) in [5.41, 5.74) is 7.86. The monoisotopic (exact) mass is 250 g/mol. The van der Waals surface area contributed by atoms with E-state index in [0.29, 0.717) is 12.0 Å². The van der Waals surface area contributed by atoms with E-state index in [9.17, 15) is 4.79 Å². The number of carbonyl (C=O) groups excluding carboxylic acids is 1. The topological polar surface area (TPSA) is 66.9 Å². The lowest BCUT2D eigenvalue weighted by atomic mass is 9.90. The van der Waals surface area contributed by atoms with Gasteiger partial charge in [0.25, 0.3) is 0 Å². The smallest absolute Gasteiger partial charge is 0.225 e. The molecule has 2 aromatic carbocycles. The molecule has 2 aromatic rings. The molecular weight excluding hydrogens is 236 g/mol. The van der Waals surface area contributed by atoms with Gasteiger partial charge in [-0.1, -0.05) is 42.5 Å². The maximum atomic E-state index is 11.6. The van der Waals surface area contributed by atoms with Crippen LogP contribution in [-0.2, 0) is 11.2 Å². The van der Waals surface area contributed by atoms with Crippen molar-refractivity contribution in [3.05, 3.63) is 71.3 Å². The van der Waals surface area contributed by atoms with E-state index in [-0.39, 0.29) is 5.91 Å². The highest BCUT2D eigenvalue weighted by molar-refractivity contribution is 5.82. The van der Waals surface area contributed by atoms with Gasteiger partial charge in [-0.15, -0.1) is 0 Å². The van der Waals surface area contributed by atoms with Crippen LogP contribution >= 0.6 is 0 Å². The van der Waals surface area contributed by atoms with Gasteiger partial charge < -0.3 is 5.73 Å². The van der Waals surface area contributed by atoms with Crippen molar-refractivity contribution in [2.24, 2.45) is 5.73 Å². The summed E-state index contributed by atoms with van der Waals surface area (Å²) in [6.07, 6.45) is 0.547. The minimum atomic E-state index is -0.407. The third-order valence-electron chi connectivity index (χ3n) is 3.04. The first-order valence-corrected chi connectivity index (χ1v) is 6.04. The molecule has 0 heterocycles. The maximum Gasteiger partial charge on any atom is 0.225 e.